The Kier molecular flexibility index (Phi) is 2.31. The van der Waals surface area contributed by atoms with Crippen LogP contribution in [0.15, 0.2) is 48.5 Å². The minimum Gasteiger partial charge on any atom is -0.492 e. The van der Waals surface area contributed by atoms with Gasteiger partial charge in [-0.3, -0.25) is 0 Å². The molecule has 0 bridgehead atoms. The molecule has 1 aliphatic carbocycles. The molecule has 0 N–H and O–H groups in total. The number of ether oxygens (including phenoxy) is 2. The Bertz CT molecular complexity index is 563. The molecule has 2 aromatic rings. The Morgan fingerprint density at radius 3 is 1.63 bits per heavy atom. The van der Waals surface area contributed by atoms with Crippen molar-refractivity contribution in [3.05, 3.63) is 48.5 Å². The normalized spacial score (nSPS) is 18.9. The number of rotatable bonds is 0. The van der Waals surface area contributed by atoms with Crippen molar-refractivity contribution in [2.24, 2.45) is 5.41 Å². The van der Waals surface area contributed by atoms with Gasteiger partial charge in [-0.1, -0.05) is 36.4 Å². The summed E-state index contributed by atoms with van der Waals surface area (Å²) in [5.41, 5.74) is 2.48. The summed E-state index contributed by atoms with van der Waals surface area (Å²) >= 11 is 0. The minimum absolute atomic E-state index is 0.241. The van der Waals surface area contributed by atoms with Crippen molar-refractivity contribution >= 4 is 0 Å². The highest BCUT2D eigenvalue weighted by Crippen LogP contribution is 2.48. The van der Waals surface area contributed by atoms with E-state index in [1.165, 1.54) is 12.8 Å². The van der Waals surface area contributed by atoms with Crippen molar-refractivity contribution in [1.82, 2.24) is 0 Å². The average Bonchev–Trinajstić information content (AvgIpc) is 3.22. The van der Waals surface area contributed by atoms with E-state index in [1.54, 1.807) is 0 Å². The fourth-order valence-electron chi connectivity index (χ4n) is 2.60. The summed E-state index contributed by atoms with van der Waals surface area (Å²) in [6.45, 7) is 1.52. The second kappa shape index (κ2) is 4.02. The van der Waals surface area contributed by atoms with Crippen molar-refractivity contribution in [2.45, 2.75) is 12.8 Å². The summed E-state index contributed by atoms with van der Waals surface area (Å²) in [6, 6.07) is 16.4. The van der Waals surface area contributed by atoms with Crippen LogP contribution in [0.5, 0.6) is 11.5 Å². The highest BCUT2D eigenvalue weighted by atomic mass is 16.5. The summed E-state index contributed by atoms with van der Waals surface area (Å²) in [5.74, 6) is 1.93. The zero-order valence-electron chi connectivity index (χ0n) is 10.8. The summed E-state index contributed by atoms with van der Waals surface area (Å²) in [4.78, 5) is 0. The Morgan fingerprint density at radius 1 is 0.684 bits per heavy atom. The number of hydrogen-bond acceptors (Lipinski definition) is 2. The SMILES string of the molecule is c1ccc2c(c1)OCC1(CC1)COc1ccccc1-2. The lowest BCUT2D eigenvalue weighted by Crippen LogP contribution is -2.20. The largest absolute Gasteiger partial charge is 0.492 e. The van der Waals surface area contributed by atoms with Crippen LogP contribution in [0.1, 0.15) is 12.8 Å². The number of para-hydroxylation sites is 2. The van der Waals surface area contributed by atoms with Gasteiger partial charge < -0.3 is 9.47 Å². The van der Waals surface area contributed by atoms with Gasteiger partial charge in [-0.2, -0.15) is 0 Å². The third-order valence-electron chi connectivity index (χ3n) is 4.09. The molecule has 1 fully saturated rings. The summed E-state index contributed by atoms with van der Waals surface area (Å²) in [5, 5.41) is 0. The van der Waals surface area contributed by atoms with Gasteiger partial charge in [-0.15, -0.1) is 0 Å². The van der Waals surface area contributed by atoms with E-state index in [9.17, 15) is 0 Å². The van der Waals surface area contributed by atoms with Gasteiger partial charge >= 0.3 is 0 Å². The van der Waals surface area contributed by atoms with Crippen LogP contribution in [0.25, 0.3) is 11.1 Å². The van der Waals surface area contributed by atoms with E-state index in [0.29, 0.717) is 0 Å². The van der Waals surface area contributed by atoms with Crippen LogP contribution < -0.4 is 9.47 Å². The van der Waals surface area contributed by atoms with Crippen LogP contribution in [0, 0.1) is 5.41 Å². The van der Waals surface area contributed by atoms with E-state index in [1.807, 2.05) is 36.4 Å². The molecule has 2 aromatic carbocycles. The third-order valence-corrected chi connectivity index (χ3v) is 4.09. The molecular weight excluding hydrogens is 236 g/mol. The summed E-state index contributed by atoms with van der Waals surface area (Å²) in [7, 11) is 0. The molecule has 0 saturated heterocycles. The lowest BCUT2D eigenvalue weighted by molar-refractivity contribution is 0.164. The molecule has 2 nitrogen and oxygen atoms in total. The van der Waals surface area contributed by atoms with Gasteiger partial charge in [0.25, 0.3) is 0 Å². The molecule has 96 valence electrons. The summed E-state index contributed by atoms with van der Waals surface area (Å²) < 4.78 is 12.1. The first-order chi connectivity index (χ1) is 9.36. The first-order valence-electron chi connectivity index (χ1n) is 6.80. The second-order valence-electron chi connectivity index (χ2n) is 5.57. The van der Waals surface area contributed by atoms with Gasteiger partial charge in [-0.25, -0.2) is 0 Å². The van der Waals surface area contributed by atoms with Gasteiger partial charge in [0.05, 0.1) is 13.2 Å². The molecule has 1 saturated carbocycles. The van der Waals surface area contributed by atoms with E-state index in [-0.39, 0.29) is 5.41 Å². The fourth-order valence-corrected chi connectivity index (χ4v) is 2.60. The maximum absolute atomic E-state index is 6.06. The third kappa shape index (κ3) is 1.88. The van der Waals surface area contributed by atoms with Gasteiger partial charge in [-0.05, 0) is 25.0 Å². The fraction of sp³-hybridized carbons (Fsp3) is 0.294. The molecule has 0 aromatic heterocycles. The van der Waals surface area contributed by atoms with Gasteiger partial charge in [0, 0.05) is 16.5 Å². The zero-order chi connectivity index (χ0) is 12.7. The first-order valence-corrected chi connectivity index (χ1v) is 6.80. The van der Waals surface area contributed by atoms with E-state index in [4.69, 9.17) is 9.47 Å². The molecule has 1 aliphatic heterocycles. The van der Waals surface area contributed by atoms with Gasteiger partial charge in [0.15, 0.2) is 0 Å². The number of benzene rings is 2. The Hall–Kier alpha value is -1.96. The van der Waals surface area contributed by atoms with Gasteiger partial charge in [0.2, 0.25) is 0 Å². The topological polar surface area (TPSA) is 18.5 Å². The highest BCUT2D eigenvalue weighted by Gasteiger charge is 2.45. The number of hydrogen-bond donors (Lipinski definition) is 0. The molecule has 1 heterocycles. The molecule has 1 spiro atoms. The molecule has 0 amide bonds. The molecular formula is C17H16O2. The van der Waals surface area contributed by atoms with Crippen LogP contribution in [0.2, 0.25) is 0 Å². The average molecular weight is 252 g/mol. The zero-order valence-corrected chi connectivity index (χ0v) is 10.8. The smallest absolute Gasteiger partial charge is 0.127 e. The lowest BCUT2D eigenvalue weighted by Gasteiger charge is -2.15. The van der Waals surface area contributed by atoms with Crippen molar-refractivity contribution in [3.8, 4) is 22.6 Å². The Balaban J connectivity index is 1.87. The first kappa shape index (κ1) is 10.9. The van der Waals surface area contributed by atoms with Crippen LogP contribution in [-0.4, -0.2) is 13.2 Å². The lowest BCUT2D eigenvalue weighted by atomic mass is 10.0. The van der Waals surface area contributed by atoms with E-state index >= 15 is 0 Å². The standard InChI is InChI=1S/C17H16O2/c1-3-7-15-13(5-1)14-6-2-4-8-16(14)19-12-17(9-10-17)11-18-15/h1-8H,9-12H2. The van der Waals surface area contributed by atoms with E-state index < -0.39 is 0 Å². The van der Waals surface area contributed by atoms with Crippen LogP contribution in [0.4, 0.5) is 0 Å². The van der Waals surface area contributed by atoms with Crippen LogP contribution in [0.3, 0.4) is 0 Å². The van der Waals surface area contributed by atoms with Gasteiger partial charge in [0.1, 0.15) is 11.5 Å². The van der Waals surface area contributed by atoms with Crippen LogP contribution in [-0.2, 0) is 0 Å². The van der Waals surface area contributed by atoms with Crippen molar-refractivity contribution in [1.29, 1.82) is 0 Å². The summed E-state index contributed by atoms with van der Waals surface area (Å²) in [6.07, 6.45) is 2.41. The van der Waals surface area contributed by atoms with Crippen molar-refractivity contribution in [2.75, 3.05) is 13.2 Å². The maximum atomic E-state index is 6.06. The predicted octanol–water partition coefficient (Wildman–Crippen LogP) is 3.91. The molecule has 4 rings (SSSR count). The number of fused-ring (bicyclic) bond motifs is 3. The monoisotopic (exact) mass is 252 g/mol. The molecule has 0 unspecified atom stereocenters. The minimum atomic E-state index is 0.241. The molecule has 2 aliphatic rings. The molecule has 0 atom stereocenters. The Morgan fingerprint density at radius 2 is 1.16 bits per heavy atom. The molecule has 19 heavy (non-hydrogen) atoms. The Labute approximate surface area is 113 Å². The molecule has 0 radical (unpaired) electrons. The quantitative estimate of drug-likeness (QED) is 0.708. The highest BCUT2D eigenvalue weighted by molar-refractivity contribution is 5.75. The van der Waals surface area contributed by atoms with Crippen molar-refractivity contribution in [3.63, 3.8) is 0 Å². The van der Waals surface area contributed by atoms with E-state index in [2.05, 4.69) is 12.1 Å². The van der Waals surface area contributed by atoms with E-state index in [0.717, 1.165) is 35.8 Å². The van der Waals surface area contributed by atoms with Crippen LogP contribution >= 0.6 is 0 Å². The second-order valence-corrected chi connectivity index (χ2v) is 5.57. The maximum Gasteiger partial charge on any atom is 0.127 e. The molecule has 2 heteroatoms. The van der Waals surface area contributed by atoms with Crippen molar-refractivity contribution < 1.29 is 9.47 Å². The predicted molar refractivity (Wildman–Crippen MR) is 74.5 cm³/mol.